The van der Waals surface area contributed by atoms with Crippen molar-refractivity contribution in [3.63, 3.8) is 0 Å². The number of hydrogen-bond acceptors (Lipinski definition) is 3. The predicted octanol–water partition coefficient (Wildman–Crippen LogP) is 3.43. The maximum Gasteiger partial charge on any atom is 0.133 e. The minimum Gasteiger partial charge on any atom is -0.353 e. The molecular formula is C17H29N3. The molecule has 1 aromatic heterocycles. The molecule has 0 aliphatic carbocycles. The second-order valence-corrected chi connectivity index (χ2v) is 6.40. The molecule has 3 heteroatoms. The lowest BCUT2D eigenvalue weighted by atomic mass is 10.1. The topological polar surface area (TPSA) is 28.2 Å². The summed E-state index contributed by atoms with van der Waals surface area (Å²) in [7, 11) is 0. The van der Waals surface area contributed by atoms with Gasteiger partial charge in [-0.2, -0.15) is 0 Å². The molecule has 1 aliphatic heterocycles. The van der Waals surface area contributed by atoms with Crippen LogP contribution in [0.4, 0.5) is 5.82 Å². The van der Waals surface area contributed by atoms with E-state index in [9.17, 15) is 0 Å². The molecule has 0 radical (unpaired) electrons. The zero-order valence-electron chi connectivity index (χ0n) is 13.7. The fourth-order valence-corrected chi connectivity index (χ4v) is 3.28. The van der Waals surface area contributed by atoms with Crippen LogP contribution in [-0.2, 0) is 6.54 Å². The molecule has 2 rings (SSSR count). The zero-order valence-corrected chi connectivity index (χ0v) is 13.7. The first-order valence-electron chi connectivity index (χ1n) is 7.97. The summed E-state index contributed by atoms with van der Waals surface area (Å²) < 4.78 is 0. The summed E-state index contributed by atoms with van der Waals surface area (Å²) in [5.74, 6) is 1.98. The van der Waals surface area contributed by atoms with E-state index in [4.69, 9.17) is 4.98 Å². The molecule has 2 atom stereocenters. The number of nitrogens with one attached hydrogen (secondary N) is 1. The Kier molecular flexibility index (Phi) is 5.03. The third-order valence-electron chi connectivity index (χ3n) is 4.24. The van der Waals surface area contributed by atoms with Gasteiger partial charge in [-0.05, 0) is 57.7 Å². The van der Waals surface area contributed by atoms with Crippen molar-refractivity contribution >= 4 is 5.82 Å². The second-order valence-electron chi connectivity index (χ2n) is 6.40. The number of hydrogen-bond donors (Lipinski definition) is 1. The molecule has 0 spiro atoms. The van der Waals surface area contributed by atoms with Crippen molar-refractivity contribution in [2.24, 2.45) is 5.92 Å². The minimum absolute atomic E-state index is 0.601. The van der Waals surface area contributed by atoms with E-state index in [0.29, 0.717) is 6.04 Å². The van der Waals surface area contributed by atoms with Crippen molar-refractivity contribution in [3.8, 4) is 0 Å². The second kappa shape index (κ2) is 6.57. The highest BCUT2D eigenvalue weighted by atomic mass is 15.2. The Morgan fingerprint density at radius 1 is 1.35 bits per heavy atom. The molecule has 112 valence electrons. The van der Waals surface area contributed by atoms with E-state index in [1.54, 1.807) is 0 Å². The molecule has 1 aliphatic rings. The molecule has 20 heavy (non-hydrogen) atoms. The van der Waals surface area contributed by atoms with E-state index < -0.39 is 0 Å². The first kappa shape index (κ1) is 15.3. The summed E-state index contributed by atoms with van der Waals surface area (Å²) in [5, 5.41) is 3.53. The highest BCUT2D eigenvalue weighted by Crippen LogP contribution is 2.31. The Morgan fingerprint density at radius 2 is 2.10 bits per heavy atom. The van der Waals surface area contributed by atoms with Gasteiger partial charge in [-0.1, -0.05) is 13.8 Å². The quantitative estimate of drug-likeness (QED) is 0.834. The summed E-state index contributed by atoms with van der Waals surface area (Å²) in [6, 6.07) is 2.81. The number of anilines is 1. The summed E-state index contributed by atoms with van der Waals surface area (Å²) >= 11 is 0. The van der Waals surface area contributed by atoms with Gasteiger partial charge in [0.15, 0.2) is 0 Å². The molecule has 1 aromatic rings. The lowest BCUT2D eigenvalue weighted by Crippen LogP contribution is -2.30. The van der Waals surface area contributed by atoms with Gasteiger partial charge in [0.05, 0.1) is 0 Å². The standard InChI is InChI=1S/C17H29N3/c1-6-7-18-10-16-13(3)9-14(4)19-17(16)20-11-12(2)8-15(20)5/h9,12,15,18H,6-8,10-11H2,1-5H3. The van der Waals surface area contributed by atoms with E-state index in [1.807, 2.05) is 0 Å². The average Bonchev–Trinajstić information content (AvgIpc) is 2.70. The van der Waals surface area contributed by atoms with Crippen LogP contribution < -0.4 is 10.2 Å². The summed E-state index contributed by atoms with van der Waals surface area (Å²) in [5.41, 5.74) is 3.87. The Hall–Kier alpha value is -1.09. The van der Waals surface area contributed by atoms with Gasteiger partial charge in [0, 0.05) is 30.4 Å². The number of pyridine rings is 1. The van der Waals surface area contributed by atoms with Crippen molar-refractivity contribution < 1.29 is 0 Å². The highest BCUT2D eigenvalue weighted by Gasteiger charge is 2.29. The number of aryl methyl sites for hydroxylation is 2. The largest absolute Gasteiger partial charge is 0.353 e. The normalized spacial score (nSPS) is 22.6. The summed E-state index contributed by atoms with van der Waals surface area (Å²) in [6.07, 6.45) is 2.45. The van der Waals surface area contributed by atoms with Crippen molar-refractivity contribution in [2.75, 3.05) is 18.0 Å². The molecule has 1 fully saturated rings. The molecule has 1 saturated heterocycles. The van der Waals surface area contributed by atoms with E-state index in [-0.39, 0.29) is 0 Å². The van der Waals surface area contributed by atoms with Gasteiger partial charge in [0.25, 0.3) is 0 Å². The third-order valence-corrected chi connectivity index (χ3v) is 4.24. The number of aromatic nitrogens is 1. The van der Waals surface area contributed by atoms with Crippen LogP contribution in [0.25, 0.3) is 0 Å². The first-order valence-corrected chi connectivity index (χ1v) is 7.97. The highest BCUT2D eigenvalue weighted by molar-refractivity contribution is 5.53. The maximum absolute atomic E-state index is 4.87. The van der Waals surface area contributed by atoms with Crippen LogP contribution in [0.1, 0.15) is 50.4 Å². The summed E-state index contributed by atoms with van der Waals surface area (Å²) in [6.45, 7) is 14.3. The van der Waals surface area contributed by atoms with Gasteiger partial charge in [-0.15, -0.1) is 0 Å². The van der Waals surface area contributed by atoms with Crippen LogP contribution in [0, 0.1) is 19.8 Å². The van der Waals surface area contributed by atoms with Gasteiger partial charge >= 0.3 is 0 Å². The number of nitrogens with zero attached hydrogens (tertiary/aromatic N) is 2. The first-order chi connectivity index (χ1) is 9.52. The molecule has 2 unspecified atom stereocenters. The molecular weight excluding hydrogens is 246 g/mol. The summed E-state index contributed by atoms with van der Waals surface area (Å²) in [4.78, 5) is 7.37. The zero-order chi connectivity index (χ0) is 14.7. The van der Waals surface area contributed by atoms with E-state index in [1.165, 1.54) is 29.8 Å². The molecule has 0 bridgehead atoms. The Bertz CT molecular complexity index is 456. The van der Waals surface area contributed by atoms with Crippen LogP contribution in [0.15, 0.2) is 6.07 Å². The predicted molar refractivity (Wildman–Crippen MR) is 86.3 cm³/mol. The van der Waals surface area contributed by atoms with Crippen LogP contribution in [0.5, 0.6) is 0 Å². The Labute approximate surface area is 123 Å². The van der Waals surface area contributed by atoms with Gasteiger partial charge in [0.1, 0.15) is 5.82 Å². The third kappa shape index (κ3) is 3.32. The molecule has 2 heterocycles. The molecule has 3 nitrogen and oxygen atoms in total. The minimum atomic E-state index is 0.601. The lowest BCUT2D eigenvalue weighted by Gasteiger charge is -2.27. The Morgan fingerprint density at radius 3 is 2.70 bits per heavy atom. The van der Waals surface area contributed by atoms with Crippen molar-refractivity contribution in [1.29, 1.82) is 0 Å². The van der Waals surface area contributed by atoms with Crippen LogP contribution in [0.2, 0.25) is 0 Å². The van der Waals surface area contributed by atoms with Gasteiger partial charge in [-0.3, -0.25) is 0 Å². The molecule has 1 N–H and O–H groups in total. The maximum atomic E-state index is 4.87. The fourth-order valence-electron chi connectivity index (χ4n) is 3.28. The average molecular weight is 275 g/mol. The van der Waals surface area contributed by atoms with E-state index in [0.717, 1.165) is 31.2 Å². The van der Waals surface area contributed by atoms with E-state index in [2.05, 4.69) is 50.9 Å². The van der Waals surface area contributed by atoms with Crippen LogP contribution >= 0.6 is 0 Å². The number of rotatable bonds is 5. The van der Waals surface area contributed by atoms with Gasteiger partial charge in [-0.25, -0.2) is 4.98 Å². The van der Waals surface area contributed by atoms with Gasteiger partial charge < -0.3 is 10.2 Å². The molecule has 0 amide bonds. The van der Waals surface area contributed by atoms with E-state index >= 15 is 0 Å². The van der Waals surface area contributed by atoms with Crippen LogP contribution in [-0.4, -0.2) is 24.1 Å². The van der Waals surface area contributed by atoms with Crippen molar-refractivity contribution in [1.82, 2.24) is 10.3 Å². The lowest BCUT2D eigenvalue weighted by molar-refractivity contribution is 0.624. The fraction of sp³-hybridized carbons (Fsp3) is 0.706. The monoisotopic (exact) mass is 275 g/mol. The smallest absolute Gasteiger partial charge is 0.133 e. The van der Waals surface area contributed by atoms with Crippen molar-refractivity contribution in [2.45, 2.75) is 60.0 Å². The Balaban J connectivity index is 2.29. The van der Waals surface area contributed by atoms with Crippen LogP contribution in [0.3, 0.4) is 0 Å². The van der Waals surface area contributed by atoms with Gasteiger partial charge in [0.2, 0.25) is 0 Å². The van der Waals surface area contributed by atoms with Crippen molar-refractivity contribution in [3.05, 3.63) is 22.9 Å². The SMILES string of the molecule is CCCNCc1c(C)cc(C)nc1N1CC(C)CC1C. The molecule has 0 aromatic carbocycles. The molecule has 0 saturated carbocycles.